The van der Waals surface area contributed by atoms with Gasteiger partial charge in [0.15, 0.2) is 0 Å². The van der Waals surface area contributed by atoms with Crippen LogP contribution in [-0.4, -0.2) is 22.6 Å². The van der Waals surface area contributed by atoms with Gasteiger partial charge in [0.25, 0.3) is 11.1 Å². The molecule has 1 saturated heterocycles. The molecule has 2 heterocycles. The van der Waals surface area contributed by atoms with E-state index in [0.29, 0.717) is 17.1 Å². The third-order valence-electron chi connectivity index (χ3n) is 3.19. The number of imide groups is 1. The Hall–Kier alpha value is -2.60. The van der Waals surface area contributed by atoms with Crippen molar-refractivity contribution in [3.8, 4) is 11.3 Å². The molecular weight excluding hydrogens is 317 g/mol. The molecule has 4 nitrogen and oxygen atoms in total. The summed E-state index contributed by atoms with van der Waals surface area (Å²) in [5, 5.41) is -0.335. The maximum Gasteiger partial charge on any atom is 0.293 e. The topological polar surface area (TPSA) is 50.5 Å². The number of nitrogens with zero attached hydrogens (tertiary/aromatic N) is 1. The zero-order valence-corrected chi connectivity index (χ0v) is 12.8. The minimum atomic E-state index is -0.372. The summed E-state index contributed by atoms with van der Waals surface area (Å²) in [4.78, 5) is 25.3. The number of amides is 2. The summed E-state index contributed by atoms with van der Waals surface area (Å²) in [6.07, 6.45) is 3.00. The number of hydrogen-bond acceptors (Lipinski definition) is 4. The zero-order valence-electron chi connectivity index (χ0n) is 12.0. The molecule has 0 atom stereocenters. The summed E-state index contributed by atoms with van der Waals surface area (Å²) in [6.45, 7) is 3.70. The minimum Gasteiger partial charge on any atom is -0.457 e. The molecule has 6 heteroatoms. The minimum absolute atomic E-state index is 0.175. The summed E-state index contributed by atoms with van der Waals surface area (Å²) in [5.41, 5.74) is 0.601. The van der Waals surface area contributed by atoms with Crippen LogP contribution in [0.1, 0.15) is 5.76 Å². The first-order valence-corrected chi connectivity index (χ1v) is 7.62. The molecule has 0 N–H and O–H groups in total. The van der Waals surface area contributed by atoms with Crippen LogP contribution in [0.5, 0.6) is 0 Å². The van der Waals surface area contributed by atoms with E-state index >= 15 is 0 Å². The lowest BCUT2D eigenvalue weighted by molar-refractivity contribution is -0.122. The maximum absolute atomic E-state index is 13.2. The normalized spacial score (nSPS) is 16.4. The third kappa shape index (κ3) is 3.12. The van der Waals surface area contributed by atoms with Crippen LogP contribution in [0.2, 0.25) is 0 Å². The van der Waals surface area contributed by atoms with Crippen molar-refractivity contribution in [1.82, 2.24) is 4.90 Å². The standard InChI is InChI=1S/C17H12FNO3S/c1-2-8-19-16(20)15(23-17(19)21)10-13-6-7-14(22-13)11-4-3-5-12(18)9-11/h2-7,9-10H,1,8H2/b15-10+. The SMILES string of the molecule is C=CCN1C(=O)S/C(=C/c2ccc(-c3cccc(F)c3)o2)C1=O. The third-order valence-corrected chi connectivity index (χ3v) is 4.10. The van der Waals surface area contributed by atoms with Gasteiger partial charge < -0.3 is 4.42 Å². The lowest BCUT2D eigenvalue weighted by Gasteiger charge is -2.07. The van der Waals surface area contributed by atoms with E-state index in [1.165, 1.54) is 24.3 Å². The van der Waals surface area contributed by atoms with Crippen LogP contribution < -0.4 is 0 Å². The molecule has 0 unspecified atom stereocenters. The second-order valence-corrected chi connectivity index (χ2v) is 5.79. The van der Waals surface area contributed by atoms with Crippen molar-refractivity contribution < 1.29 is 18.4 Å². The van der Waals surface area contributed by atoms with Crippen molar-refractivity contribution in [2.75, 3.05) is 6.54 Å². The molecule has 1 aromatic carbocycles. The van der Waals surface area contributed by atoms with Gasteiger partial charge in [0.2, 0.25) is 0 Å². The van der Waals surface area contributed by atoms with E-state index in [0.717, 1.165) is 16.7 Å². The molecule has 1 fully saturated rings. The van der Waals surface area contributed by atoms with Gasteiger partial charge in [-0.05, 0) is 36.0 Å². The Kier molecular flexibility index (Phi) is 4.16. The van der Waals surface area contributed by atoms with Crippen molar-refractivity contribution in [2.45, 2.75) is 0 Å². The average molecular weight is 329 g/mol. The van der Waals surface area contributed by atoms with E-state index in [4.69, 9.17) is 4.42 Å². The Morgan fingerprint density at radius 3 is 2.83 bits per heavy atom. The molecule has 2 amide bonds. The van der Waals surface area contributed by atoms with Gasteiger partial charge in [0.1, 0.15) is 17.3 Å². The van der Waals surface area contributed by atoms with Crippen molar-refractivity contribution >= 4 is 29.0 Å². The Bertz CT molecular complexity index is 825. The van der Waals surface area contributed by atoms with E-state index in [-0.39, 0.29) is 28.4 Å². The number of thioether (sulfide) groups is 1. The summed E-state index contributed by atoms with van der Waals surface area (Å²) in [6, 6.07) is 9.39. The van der Waals surface area contributed by atoms with E-state index in [9.17, 15) is 14.0 Å². The largest absolute Gasteiger partial charge is 0.457 e. The second-order valence-electron chi connectivity index (χ2n) is 4.79. The van der Waals surface area contributed by atoms with E-state index in [2.05, 4.69) is 6.58 Å². The molecular formula is C17H12FNO3S. The predicted molar refractivity (Wildman–Crippen MR) is 87.0 cm³/mol. The van der Waals surface area contributed by atoms with Crippen LogP contribution in [0.15, 0.2) is 58.4 Å². The van der Waals surface area contributed by atoms with Gasteiger partial charge >= 0.3 is 0 Å². The van der Waals surface area contributed by atoms with Crippen LogP contribution >= 0.6 is 11.8 Å². The highest BCUT2D eigenvalue weighted by atomic mass is 32.2. The maximum atomic E-state index is 13.2. The Balaban J connectivity index is 1.85. The summed E-state index contributed by atoms with van der Waals surface area (Å²) >= 11 is 0.855. The highest BCUT2D eigenvalue weighted by Gasteiger charge is 2.34. The fourth-order valence-corrected chi connectivity index (χ4v) is 2.97. The van der Waals surface area contributed by atoms with Gasteiger partial charge in [-0.25, -0.2) is 4.39 Å². The summed E-state index contributed by atoms with van der Waals surface area (Å²) in [7, 11) is 0. The van der Waals surface area contributed by atoms with Crippen LogP contribution in [0.4, 0.5) is 9.18 Å². The molecule has 116 valence electrons. The number of hydrogen-bond donors (Lipinski definition) is 0. The highest BCUT2D eigenvalue weighted by Crippen LogP contribution is 2.33. The van der Waals surface area contributed by atoms with Crippen molar-refractivity contribution in [1.29, 1.82) is 0 Å². The molecule has 0 aliphatic carbocycles. The smallest absolute Gasteiger partial charge is 0.293 e. The number of halogens is 1. The highest BCUT2D eigenvalue weighted by molar-refractivity contribution is 8.18. The monoisotopic (exact) mass is 329 g/mol. The molecule has 0 saturated carbocycles. The molecule has 0 spiro atoms. The lowest BCUT2D eigenvalue weighted by atomic mass is 10.2. The van der Waals surface area contributed by atoms with Gasteiger partial charge in [-0.1, -0.05) is 18.2 Å². The van der Waals surface area contributed by atoms with Crippen LogP contribution in [-0.2, 0) is 4.79 Å². The van der Waals surface area contributed by atoms with Crippen molar-refractivity contribution in [3.05, 3.63) is 65.5 Å². The Labute approximate surface area is 136 Å². The first-order valence-electron chi connectivity index (χ1n) is 6.80. The number of benzene rings is 1. The van der Waals surface area contributed by atoms with Gasteiger partial charge in [-0.2, -0.15) is 0 Å². The van der Waals surface area contributed by atoms with Crippen molar-refractivity contribution in [2.24, 2.45) is 0 Å². The molecule has 1 aliphatic heterocycles. The second kappa shape index (κ2) is 6.26. The van der Waals surface area contributed by atoms with Crippen LogP contribution in [0, 0.1) is 5.82 Å². The van der Waals surface area contributed by atoms with Gasteiger partial charge in [0, 0.05) is 18.2 Å². The lowest BCUT2D eigenvalue weighted by Crippen LogP contribution is -2.27. The van der Waals surface area contributed by atoms with Gasteiger partial charge in [0.05, 0.1) is 4.91 Å². The number of furan rings is 1. The van der Waals surface area contributed by atoms with Gasteiger partial charge in [-0.3, -0.25) is 14.5 Å². The predicted octanol–water partition coefficient (Wildman–Crippen LogP) is 4.31. The first kappa shape index (κ1) is 15.3. The van der Waals surface area contributed by atoms with Crippen LogP contribution in [0.25, 0.3) is 17.4 Å². The van der Waals surface area contributed by atoms with E-state index in [1.54, 1.807) is 24.3 Å². The Morgan fingerprint density at radius 2 is 2.09 bits per heavy atom. The number of carbonyl (C=O) groups excluding carboxylic acids is 2. The molecule has 1 aromatic heterocycles. The fraction of sp³-hybridized carbons (Fsp3) is 0.0588. The number of rotatable bonds is 4. The van der Waals surface area contributed by atoms with E-state index < -0.39 is 0 Å². The Morgan fingerprint density at radius 1 is 1.26 bits per heavy atom. The quantitative estimate of drug-likeness (QED) is 0.619. The van der Waals surface area contributed by atoms with Crippen LogP contribution in [0.3, 0.4) is 0 Å². The average Bonchev–Trinajstić information content (AvgIpc) is 3.09. The van der Waals surface area contributed by atoms with Crippen molar-refractivity contribution in [3.63, 3.8) is 0 Å². The zero-order chi connectivity index (χ0) is 16.4. The molecule has 0 bridgehead atoms. The molecule has 0 radical (unpaired) electrons. The number of carbonyl (C=O) groups is 2. The summed E-state index contributed by atoms with van der Waals surface area (Å²) < 4.78 is 18.9. The molecule has 23 heavy (non-hydrogen) atoms. The fourth-order valence-electron chi connectivity index (χ4n) is 2.14. The van der Waals surface area contributed by atoms with E-state index in [1.807, 2.05) is 0 Å². The summed E-state index contributed by atoms with van der Waals surface area (Å²) in [5.74, 6) is 0.184. The molecule has 1 aliphatic rings. The molecule has 3 rings (SSSR count). The first-order chi connectivity index (χ1) is 11.1. The molecule has 2 aromatic rings. The van der Waals surface area contributed by atoms with Gasteiger partial charge in [-0.15, -0.1) is 6.58 Å².